The molecule has 0 aliphatic carbocycles. The molecular formula is C14H14N4O4. The lowest BCUT2D eigenvalue weighted by Gasteiger charge is -2.13. The van der Waals surface area contributed by atoms with Gasteiger partial charge >= 0.3 is 12.0 Å². The van der Waals surface area contributed by atoms with E-state index in [0.29, 0.717) is 16.8 Å². The second-order valence-corrected chi connectivity index (χ2v) is 5.78. The fourth-order valence-electron chi connectivity index (χ4n) is 1.90. The van der Waals surface area contributed by atoms with Crippen molar-refractivity contribution in [3.05, 3.63) is 23.9 Å². The zero-order valence-corrected chi connectivity index (χ0v) is 12.2. The predicted molar refractivity (Wildman–Crippen MR) is 76.7 cm³/mol. The van der Waals surface area contributed by atoms with E-state index in [9.17, 15) is 10.2 Å². The fraction of sp³-hybridized carbons (Fsp3) is 0.286. The van der Waals surface area contributed by atoms with Crippen LogP contribution in [0.25, 0.3) is 11.1 Å². The van der Waals surface area contributed by atoms with E-state index in [0.717, 1.165) is 0 Å². The van der Waals surface area contributed by atoms with Crippen LogP contribution in [0.4, 0.5) is 11.7 Å². The van der Waals surface area contributed by atoms with Crippen molar-refractivity contribution < 1.29 is 19.2 Å². The Morgan fingerprint density at radius 2 is 1.91 bits per heavy atom. The third-order valence-electron chi connectivity index (χ3n) is 2.96. The van der Waals surface area contributed by atoms with Crippen LogP contribution in [-0.2, 0) is 5.41 Å². The van der Waals surface area contributed by atoms with E-state index >= 15 is 0 Å². The van der Waals surface area contributed by atoms with E-state index in [2.05, 4.69) is 20.4 Å². The highest BCUT2D eigenvalue weighted by Crippen LogP contribution is 2.38. The number of phenols is 1. The van der Waals surface area contributed by atoms with Crippen LogP contribution in [0.15, 0.2) is 37.4 Å². The van der Waals surface area contributed by atoms with Gasteiger partial charge in [0.25, 0.3) is 0 Å². The minimum Gasteiger partial charge on any atom is -0.508 e. The number of oxazole rings is 1. The van der Waals surface area contributed by atoms with Crippen LogP contribution >= 0.6 is 0 Å². The van der Waals surface area contributed by atoms with Crippen molar-refractivity contribution in [2.24, 2.45) is 10.2 Å². The summed E-state index contributed by atoms with van der Waals surface area (Å²) in [5, 5.41) is 30.6. The first-order valence-electron chi connectivity index (χ1n) is 6.55. The number of phenolic OH excluding ortho intramolecular Hbond substituents is 1. The Hall–Kier alpha value is -2.90. The molecule has 0 bridgehead atoms. The van der Waals surface area contributed by atoms with Crippen LogP contribution in [0.2, 0.25) is 0 Å². The summed E-state index contributed by atoms with van der Waals surface area (Å²) >= 11 is 0. The highest BCUT2D eigenvalue weighted by molar-refractivity contribution is 5.75. The average Bonchev–Trinajstić information content (AvgIpc) is 2.98. The number of hydrogen-bond acceptors (Lipinski definition) is 8. The summed E-state index contributed by atoms with van der Waals surface area (Å²) in [6.45, 7) is 5.72. The van der Waals surface area contributed by atoms with Crippen LogP contribution in [0, 0.1) is 0 Å². The molecule has 8 nitrogen and oxygen atoms in total. The van der Waals surface area contributed by atoms with Crippen LogP contribution in [0.3, 0.4) is 0 Å². The molecule has 2 heterocycles. The molecule has 0 saturated heterocycles. The van der Waals surface area contributed by atoms with Gasteiger partial charge in [-0.1, -0.05) is 31.0 Å². The molecule has 3 rings (SSSR count). The molecule has 8 heteroatoms. The number of aromatic nitrogens is 2. The molecule has 2 aromatic heterocycles. The van der Waals surface area contributed by atoms with Gasteiger partial charge in [0.2, 0.25) is 0 Å². The Balaban J connectivity index is 1.98. The number of azo groups is 1. The molecule has 3 aromatic rings. The number of aromatic hydroxyl groups is 2. The lowest BCUT2D eigenvalue weighted by Crippen LogP contribution is -2.11. The summed E-state index contributed by atoms with van der Waals surface area (Å²) in [5.41, 5.74) is 1.17. The van der Waals surface area contributed by atoms with Gasteiger partial charge in [-0.05, 0) is 12.1 Å². The second-order valence-electron chi connectivity index (χ2n) is 5.78. The van der Waals surface area contributed by atoms with Crippen LogP contribution in [0.1, 0.15) is 26.5 Å². The first-order chi connectivity index (χ1) is 10.3. The lowest BCUT2D eigenvalue weighted by atomic mass is 9.91. The molecule has 0 spiro atoms. The van der Waals surface area contributed by atoms with Gasteiger partial charge in [-0.3, -0.25) is 0 Å². The standard InChI is InChI=1S/C14H14N4O4/c1-14(2,3)11-10(12(20)22-18-11)16-17-13-15-8-6-7(19)4-5-9(8)21-13/h4-6,19-20H,1-3H3. The predicted octanol–water partition coefficient (Wildman–Crippen LogP) is 3.94. The normalized spacial score (nSPS) is 12.5. The van der Waals surface area contributed by atoms with Crippen molar-refractivity contribution in [2.75, 3.05) is 0 Å². The summed E-state index contributed by atoms with van der Waals surface area (Å²) in [6, 6.07) is 4.52. The van der Waals surface area contributed by atoms with E-state index in [1.807, 2.05) is 20.8 Å². The summed E-state index contributed by atoms with van der Waals surface area (Å²) in [4.78, 5) is 4.07. The molecule has 2 N–H and O–H groups in total. The minimum atomic E-state index is -0.414. The van der Waals surface area contributed by atoms with Gasteiger partial charge in [0.15, 0.2) is 11.3 Å². The van der Waals surface area contributed by atoms with Crippen molar-refractivity contribution in [1.29, 1.82) is 0 Å². The number of benzene rings is 1. The van der Waals surface area contributed by atoms with E-state index in [1.165, 1.54) is 12.1 Å². The molecule has 0 saturated carbocycles. The average molecular weight is 302 g/mol. The summed E-state index contributed by atoms with van der Waals surface area (Å²) < 4.78 is 10.1. The molecule has 0 atom stereocenters. The summed E-state index contributed by atoms with van der Waals surface area (Å²) in [7, 11) is 0. The van der Waals surface area contributed by atoms with Gasteiger partial charge in [0.1, 0.15) is 17.0 Å². The minimum absolute atomic E-state index is 0.000981. The van der Waals surface area contributed by atoms with Gasteiger partial charge in [0, 0.05) is 11.5 Å². The highest BCUT2D eigenvalue weighted by atomic mass is 16.6. The fourth-order valence-corrected chi connectivity index (χ4v) is 1.90. The van der Waals surface area contributed by atoms with Crippen LogP contribution in [-0.4, -0.2) is 20.4 Å². The van der Waals surface area contributed by atoms with Crippen LogP contribution < -0.4 is 0 Å². The highest BCUT2D eigenvalue weighted by Gasteiger charge is 2.26. The Kier molecular flexibility index (Phi) is 3.09. The Morgan fingerprint density at radius 1 is 1.14 bits per heavy atom. The molecule has 114 valence electrons. The molecule has 0 aliphatic rings. The third kappa shape index (κ3) is 2.50. The first kappa shape index (κ1) is 14.1. The van der Waals surface area contributed by atoms with E-state index in [4.69, 9.17) is 8.94 Å². The quantitative estimate of drug-likeness (QED) is 0.692. The molecule has 0 radical (unpaired) electrons. The van der Waals surface area contributed by atoms with Crippen LogP contribution in [0.5, 0.6) is 11.7 Å². The second kappa shape index (κ2) is 4.83. The maximum atomic E-state index is 9.68. The molecular weight excluding hydrogens is 288 g/mol. The molecule has 0 unspecified atom stereocenters. The van der Waals surface area contributed by atoms with E-state index in [1.54, 1.807) is 6.07 Å². The SMILES string of the molecule is CC(C)(C)c1noc(O)c1N=Nc1nc2cc(O)ccc2o1. The third-order valence-corrected chi connectivity index (χ3v) is 2.96. The van der Waals surface area contributed by atoms with Gasteiger partial charge in [-0.2, -0.15) is 4.98 Å². The van der Waals surface area contributed by atoms with Crippen molar-refractivity contribution in [3.63, 3.8) is 0 Å². The molecule has 0 amide bonds. The van der Waals surface area contributed by atoms with E-state index in [-0.39, 0.29) is 22.9 Å². The Morgan fingerprint density at radius 3 is 2.64 bits per heavy atom. The first-order valence-corrected chi connectivity index (χ1v) is 6.55. The lowest BCUT2D eigenvalue weighted by molar-refractivity contribution is 0.273. The topological polar surface area (TPSA) is 117 Å². The maximum absolute atomic E-state index is 9.68. The zero-order chi connectivity index (χ0) is 15.9. The van der Waals surface area contributed by atoms with Gasteiger partial charge in [0.05, 0.1) is 0 Å². The Labute approximate surface area is 125 Å². The molecule has 1 aromatic carbocycles. The van der Waals surface area contributed by atoms with Crippen molar-refractivity contribution in [2.45, 2.75) is 26.2 Å². The van der Waals surface area contributed by atoms with Gasteiger partial charge in [-0.25, -0.2) is 0 Å². The monoisotopic (exact) mass is 302 g/mol. The van der Waals surface area contributed by atoms with Crippen molar-refractivity contribution >= 4 is 22.8 Å². The number of nitrogens with zero attached hydrogens (tertiary/aromatic N) is 4. The summed E-state index contributed by atoms with van der Waals surface area (Å²) in [6.07, 6.45) is 0. The maximum Gasteiger partial charge on any atom is 0.341 e. The number of rotatable bonds is 2. The largest absolute Gasteiger partial charge is 0.508 e. The van der Waals surface area contributed by atoms with Crippen molar-refractivity contribution in [1.82, 2.24) is 10.1 Å². The smallest absolute Gasteiger partial charge is 0.341 e. The number of hydrogen-bond donors (Lipinski definition) is 2. The molecule has 0 aliphatic heterocycles. The Bertz CT molecular complexity index is 857. The van der Waals surface area contributed by atoms with Gasteiger partial charge in [-0.15, -0.1) is 5.11 Å². The van der Waals surface area contributed by atoms with Gasteiger partial charge < -0.3 is 19.2 Å². The number of fused-ring (bicyclic) bond motifs is 1. The van der Waals surface area contributed by atoms with E-state index < -0.39 is 5.95 Å². The summed E-state index contributed by atoms with van der Waals surface area (Å²) in [5.74, 6) is -0.335. The zero-order valence-electron chi connectivity index (χ0n) is 12.2. The van der Waals surface area contributed by atoms with Crippen molar-refractivity contribution in [3.8, 4) is 11.7 Å². The molecule has 22 heavy (non-hydrogen) atoms. The molecule has 0 fully saturated rings.